The van der Waals surface area contributed by atoms with Gasteiger partial charge >= 0.3 is 0 Å². The minimum absolute atomic E-state index is 0.139. The van der Waals surface area contributed by atoms with Crippen molar-refractivity contribution in [3.8, 4) is 0 Å². The van der Waals surface area contributed by atoms with Gasteiger partial charge in [0.15, 0.2) is 0 Å². The molecule has 0 bridgehead atoms. The number of rotatable bonds is 5. The van der Waals surface area contributed by atoms with Crippen LogP contribution in [0.3, 0.4) is 0 Å². The predicted molar refractivity (Wildman–Crippen MR) is 86.5 cm³/mol. The molecule has 1 aromatic carbocycles. The Kier molecular flexibility index (Phi) is 4.79. The number of aryl methyl sites for hydroxylation is 1. The van der Waals surface area contributed by atoms with E-state index in [0.29, 0.717) is 28.5 Å². The standard InChI is InChI=1S/C13H16N4O3S2/c1-3-15-22(19,20)10-6-4-9(5-7-10)16-13(18)11-8(2)17-21-12(11)14/h4-7,15H,3,14H2,1-2H3,(H,16,18). The van der Waals surface area contributed by atoms with Gasteiger partial charge in [0.2, 0.25) is 10.0 Å². The average Bonchev–Trinajstić information content (AvgIpc) is 2.78. The number of carbonyl (C=O) groups is 1. The number of sulfonamides is 1. The Morgan fingerprint density at radius 2 is 1.95 bits per heavy atom. The van der Waals surface area contributed by atoms with Gasteiger partial charge < -0.3 is 11.1 Å². The van der Waals surface area contributed by atoms with Gasteiger partial charge in [0.1, 0.15) is 5.00 Å². The summed E-state index contributed by atoms with van der Waals surface area (Å²) < 4.78 is 30.1. The van der Waals surface area contributed by atoms with Crippen molar-refractivity contribution in [2.45, 2.75) is 18.7 Å². The number of anilines is 2. The van der Waals surface area contributed by atoms with Crippen LogP contribution >= 0.6 is 11.5 Å². The van der Waals surface area contributed by atoms with E-state index in [2.05, 4.69) is 14.4 Å². The van der Waals surface area contributed by atoms with Crippen LogP contribution in [0.2, 0.25) is 0 Å². The second kappa shape index (κ2) is 6.42. The lowest BCUT2D eigenvalue weighted by Crippen LogP contribution is -2.23. The maximum absolute atomic E-state index is 12.1. The highest BCUT2D eigenvalue weighted by Crippen LogP contribution is 2.22. The summed E-state index contributed by atoms with van der Waals surface area (Å²) in [7, 11) is -3.50. The molecule has 7 nitrogen and oxygen atoms in total. The highest BCUT2D eigenvalue weighted by atomic mass is 32.2. The first kappa shape index (κ1) is 16.4. The van der Waals surface area contributed by atoms with Crippen molar-refractivity contribution in [1.29, 1.82) is 0 Å². The van der Waals surface area contributed by atoms with Crippen LogP contribution in [-0.4, -0.2) is 25.2 Å². The number of nitrogens with zero attached hydrogens (tertiary/aromatic N) is 1. The largest absolute Gasteiger partial charge is 0.389 e. The Balaban J connectivity index is 2.17. The summed E-state index contributed by atoms with van der Waals surface area (Å²) in [4.78, 5) is 12.3. The molecule has 2 rings (SSSR count). The molecule has 1 aromatic heterocycles. The summed E-state index contributed by atoms with van der Waals surface area (Å²) in [5.74, 6) is -0.369. The summed E-state index contributed by atoms with van der Waals surface area (Å²) in [6.07, 6.45) is 0. The quantitative estimate of drug-likeness (QED) is 0.764. The molecule has 0 saturated heterocycles. The normalized spacial score (nSPS) is 11.4. The van der Waals surface area contributed by atoms with Crippen LogP contribution in [0.1, 0.15) is 23.0 Å². The number of amides is 1. The zero-order valence-electron chi connectivity index (χ0n) is 12.1. The van der Waals surface area contributed by atoms with Crippen LogP contribution in [0.4, 0.5) is 10.7 Å². The number of hydrogen-bond donors (Lipinski definition) is 3. The first-order valence-electron chi connectivity index (χ1n) is 6.48. The lowest BCUT2D eigenvalue weighted by atomic mass is 10.2. The minimum atomic E-state index is -3.50. The molecule has 1 amide bonds. The fourth-order valence-corrected chi connectivity index (χ4v) is 3.55. The zero-order valence-corrected chi connectivity index (χ0v) is 13.7. The second-order valence-corrected chi connectivity index (χ2v) is 7.06. The molecular weight excluding hydrogens is 324 g/mol. The van der Waals surface area contributed by atoms with Crippen LogP contribution < -0.4 is 15.8 Å². The van der Waals surface area contributed by atoms with Gasteiger partial charge in [0.05, 0.1) is 16.2 Å². The molecule has 0 aliphatic carbocycles. The highest BCUT2D eigenvalue weighted by molar-refractivity contribution is 7.89. The summed E-state index contributed by atoms with van der Waals surface area (Å²) >= 11 is 1.06. The van der Waals surface area contributed by atoms with Crippen LogP contribution in [0.25, 0.3) is 0 Å². The number of aromatic nitrogens is 1. The molecule has 2 aromatic rings. The van der Waals surface area contributed by atoms with E-state index in [0.717, 1.165) is 11.5 Å². The highest BCUT2D eigenvalue weighted by Gasteiger charge is 2.17. The molecule has 22 heavy (non-hydrogen) atoms. The number of nitrogen functional groups attached to an aromatic ring is 1. The van der Waals surface area contributed by atoms with E-state index in [-0.39, 0.29) is 10.8 Å². The van der Waals surface area contributed by atoms with Crippen molar-refractivity contribution in [1.82, 2.24) is 9.10 Å². The Labute approximate surface area is 132 Å². The molecule has 0 unspecified atom stereocenters. The summed E-state index contributed by atoms with van der Waals surface area (Å²) in [6.45, 7) is 3.71. The SMILES string of the molecule is CCNS(=O)(=O)c1ccc(NC(=O)c2c(C)nsc2N)cc1. The zero-order chi connectivity index (χ0) is 16.3. The van der Waals surface area contributed by atoms with Crippen molar-refractivity contribution in [3.63, 3.8) is 0 Å². The van der Waals surface area contributed by atoms with Gasteiger partial charge in [-0.2, -0.15) is 4.37 Å². The average molecular weight is 340 g/mol. The number of benzene rings is 1. The van der Waals surface area contributed by atoms with Crippen molar-refractivity contribution < 1.29 is 13.2 Å². The molecule has 118 valence electrons. The van der Waals surface area contributed by atoms with E-state index < -0.39 is 10.0 Å². The van der Waals surface area contributed by atoms with Gasteiger partial charge in [-0.25, -0.2) is 13.1 Å². The van der Waals surface area contributed by atoms with Gasteiger partial charge in [0.25, 0.3) is 5.91 Å². The molecule has 1 heterocycles. The Morgan fingerprint density at radius 1 is 1.32 bits per heavy atom. The number of nitrogens with one attached hydrogen (secondary N) is 2. The maximum Gasteiger partial charge on any atom is 0.260 e. The van der Waals surface area contributed by atoms with Crippen LogP contribution in [0, 0.1) is 6.92 Å². The van der Waals surface area contributed by atoms with Crippen molar-refractivity contribution in [3.05, 3.63) is 35.5 Å². The monoisotopic (exact) mass is 340 g/mol. The topological polar surface area (TPSA) is 114 Å². The fraction of sp³-hybridized carbons (Fsp3) is 0.231. The molecule has 0 fully saturated rings. The fourth-order valence-electron chi connectivity index (χ4n) is 1.85. The number of nitrogens with two attached hydrogens (primary N) is 1. The van der Waals surface area contributed by atoms with Gasteiger partial charge in [-0.15, -0.1) is 0 Å². The third kappa shape index (κ3) is 3.43. The number of carbonyl (C=O) groups excluding carboxylic acids is 1. The van der Waals surface area contributed by atoms with Crippen LogP contribution in [0.15, 0.2) is 29.2 Å². The predicted octanol–water partition coefficient (Wildman–Crippen LogP) is 1.58. The second-order valence-electron chi connectivity index (χ2n) is 4.49. The summed E-state index contributed by atoms with van der Waals surface area (Å²) in [5.41, 5.74) is 7.10. The van der Waals surface area contributed by atoms with E-state index in [1.54, 1.807) is 13.8 Å². The lowest BCUT2D eigenvalue weighted by molar-refractivity contribution is 0.102. The molecule has 0 atom stereocenters. The Bertz CT molecular complexity index is 763. The third-order valence-corrected chi connectivity index (χ3v) is 5.20. The molecule has 0 aliphatic heterocycles. The molecule has 0 spiro atoms. The first-order valence-corrected chi connectivity index (χ1v) is 8.73. The molecule has 0 aliphatic rings. The number of hydrogen-bond acceptors (Lipinski definition) is 6. The Morgan fingerprint density at radius 3 is 2.45 bits per heavy atom. The lowest BCUT2D eigenvalue weighted by Gasteiger charge is -2.07. The van der Waals surface area contributed by atoms with Gasteiger partial charge in [-0.1, -0.05) is 6.92 Å². The molecular formula is C13H16N4O3S2. The molecule has 4 N–H and O–H groups in total. The smallest absolute Gasteiger partial charge is 0.260 e. The van der Waals surface area contributed by atoms with E-state index in [1.165, 1.54) is 24.3 Å². The van der Waals surface area contributed by atoms with Crippen molar-refractivity contribution >= 4 is 38.2 Å². The van der Waals surface area contributed by atoms with Crippen LogP contribution in [0.5, 0.6) is 0 Å². The van der Waals surface area contributed by atoms with E-state index >= 15 is 0 Å². The van der Waals surface area contributed by atoms with Crippen LogP contribution in [-0.2, 0) is 10.0 Å². The van der Waals surface area contributed by atoms with Crippen molar-refractivity contribution in [2.75, 3.05) is 17.6 Å². The minimum Gasteiger partial charge on any atom is -0.389 e. The molecule has 0 radical (unpaired) electrons. The molecule has 0 saturated carbocycles. The van der Waals surface area contributed by atoms with Gasteiger partial charge in [-0.3, -0.25) is 4.79 Å². The molecule has 9 heteroatoms. The Hall–Kier alpha value is -1.97. The van der Waals surface area contributed by atoms with E-state index in [4.69, 9.17) is 5.73 Å². The first-order chi connectivity index (χ1) is 10.3. The third-order valence-electron chi connectivity index (χ3n) is 2.87. The van der Waals surface area contributed by atoms with E-state index in [1.807, 2.05) is 0 Å². The van der Waals surface area contributed by atoms with Crippen molar-refractivity contribution in [2.24, 2.45) is 0 Å². The maximum atomic E-state index is 12.1. The summed E-state index contributed by atoms with van der Waals surface area (Å²) in [5, 5.41) is 3.02. The van der Waals surface area contributed by atoms with Gasteiger partial charge in [-0.05, 0) is 42.7 Å². The van der Waals surface area contributed by atoms with E-state index in [9.17, 15) is 13.2 Å². The van der Waals surface area contributed by atoms with Gasteiger partial charge in [0, 0.05) is 12.2 Å². The summed E-state index contributed by atoms with van der Waals surface area (Å²) in [6, 6.07) is 5.90.